The fourth-order valence-electron chi connectivity index (χ4n) is 2.47. The Bertz CT molecular complexity index is 408. The first-order valence-corrected chi connectivity index (χ1v) is 7.16. The van der Waals surface area contributed by atoms with E-state index in [4.69, 9.17) is 16.4 Å². The van der Waals surface area contributed by atoms with Gasteiger partial charge in [-0.05, 0) is 32.1 Å². The molecule has 1 heterocycles. The second kappa shape index (κ2) is 7.03. The smallest absolute Gasteiger partial charge is 0.148 e. The molecule has 1 aliphatic rings. The molecule has 106 valence electrons. The van der Waals surface area contributed by atoms with Crippen molar-refractivity contribution in [3.63, 3.8) is 0 Å². The predicted molar refractivity (Wildman–Crippen MR) is 76.2 cm³/mol. The third-order valence-electron chi connectivity index (χ3n) is 3.55. The summed E-state index contributed by atoms with van der Waals surface area (Å²) in [5.41, 5.74) is 3.92. The van der Waals surface area contributed by atoms with Crippen molar-refractivity contribution in [2.75, 3.05) is 12.4 Å². The molecule has 0 unspecified atom stereocenters. The number of halogens is 1. The maximum Gasteiger partial charge on any atom is 0.148 e. The molecular formula is C13H21ClN4O. The number of rotatable bonds is 5. The third-order valence-corrected chi connectivity index (χ3v) is 3.95. The van der Waals surface area contributed by atoms with E-state index in [2.05, 4.69) is 20.8 Å². The lowest BCUT2D eigenvalue weighted by atomic mass is 9.91. The van der Waals surface area contributed by atoms with E-state index in [1.165, 1.54) is 0 Å². The fraction of sp³-hybridized carbons (Fsp3) is 0.692. The zero-order valence-electron chi connectivity index (χ0n) is 11.4. The van der Waals surface area contributed by atoms with Crippen LogP contribution in [0.2, 0.25) is 5.02 Å². The first-order valence-electron chi connectivity index (χ1n) is 6.79. The first-order chi connectivity index (χ1) is 9.24. The van der Waals surface area contributed by atoms with Crippen LogP contribution in [0.1, 0.15) is 38.3 Å². The molecule has 1 aromatic heterocycles. The van der Waals surface area contributed by atoms with E-state index < -0.39 is 0 Å². The van der Waals surface area contributed by atoms with Crippen molar-refractivity contribution in [2.24, 2.45) is 0 Å². The van der Waals surface area contributed by atoms with Crippen LogP contribution >= 0.6 is 11.6 Å². The van der Waals surface area contributed by atoms with Crippen LogP contribution in [0.15, 0.2) is 6.33 Å². The van der Waals surface area contributed by atoms with Crippen LogP contribution in [0.25, 0.3) is 0 Å². The highest BCUT2D eigenvalue weighted by atomic mass is 35.5. The molecule has 5 nitrogen and oxygen atoms in total. The highest BCUT2D eigenvalue weighted by Crippen LogP contribution is 2.26. The highest BCUT2D eigenvalue weighted by Gasteiger charge is 2.22. The van der Waals surface area contributed by atoms with Crippen molar-refractivity contribution in [1.82, 2.24) is 15.4 Å². The minimum atomic E-state index is 0.423. The Morgan fingerprint density at radius 3 is 2.58 bits per heavy atom. The second-order valence-electron chi connectivity index (χ2n) is 4.85. The van der Waals surface area contributed by atoms with E-state index in [-0.39, 0.29) is 0 Å². The molecule has 2 N–H and O–H groups in total. The van der Waals surface area contributed by atoms with Crippen LogP contribution in [0, 0.1) is 0 Å². The Morgan fingerprint density at radius 2 is 1.95 bits per heavy atom. The zero-order chi connectivity index (χ0) is 13.7. The van der Waals surface area contributed by atoms with Crippen LogP contribution in [-0.2, 0) is 11.3 Å². The summed E-state index contributed by atoms with van der Waals surface area (Å²) in [6, 6.07) is 0.877. The van der Waals surface area contributed by atoms with Crippen molar-refractivity contribution in [3.8, 4) is 0 Å². The highest BCUT2D eigenvalue weighted by molar-refractivity contribution is 6.33. The van der Waals surface area contributed by atoms with E-state index in [0.717, 1.165) is 43.6 Å². The predicted octanol–water partition coefficient (Wildman–Crippen LogP) is 2.57. The monoisotopic (exact) mass is 284 g/mol. The number of anilines is 1. The van der Waals surface area contributed by atoms with Gasteiger partial charge in [0.05, 0.1) is 12.8 Å². The summed E-state index contributed by atoms with van der Waals surface area (Å²) in [6.45, 7) is 2.04. The topological polar surface area (TPSA) is 59.1 Å². The molecule has 6 heteroatoms. The van der Waals surface area contributed by atoms with E-state index in [9.17, 15) is 0 Å². The lowest BCUT2D eigenvalue weighted by Gasteiger charge is -2.29. The standard InChI is InChI=1S/C13H21ClN4O/c1-3-11-12(14)13(16-8-15-11)17-9-4-6-10(7-5-9)18-19-2/h8-10,18H,3-7H2,1-2H3,(H,15,16,17). The zero-order valence-corrected chi connectivity index (χ0v) is 12.2. The summed E-state index contributed by atoms with van der Waals surface area (Å²) in [6.07, 6.45) is 6.75. The summed E-state index contributed by atoms with van der Waals surface area (Å²) >= 11 is 6.29. The number of hydrogen-bond acceptors (Lipinski definition) is 5. The Morgan fingerprint density at radius 1 is 1.26 bits per heavy atom. The summed E-state index contributed by atoms with van der Waals surface area (Å²) in [7, 11) is 1.66. The lowest BCUT2D eigenvalue weighted by Crippen LogP contribution is -2.36. The number of hydroxylamine groups is 1. The summed E-state index contributed by atoms with van der Waals surface area (Å²) < 4.78 is 0. The van der Waals surface area contributed by atoms with Crippen molar-refractivity contribution in [1.29, 1.82) is 0 Å². The van der Waals surface area contributed by atoms with Gasteiger partial charge in [0.25, 0.3) is 0 Å². The van der Waals surface area contributed by atoms with E-state index in [1.807, 2.05) is 6.92 Å². The van der Waals surface area contributed by atoms with Crippen molar-refractivity contribution in [3.05, 3.63) is 17.0 Å². The van der Waals surface area contributed by atoms with Gasteiger partial charge in [-0.1, -0.05) is 18.5 Å². The lowest BCUT2D eigenvalue weighted by molar-refractivity contribution is 0.0479. The van der Waals surface area contributed by atoms with Crippen LogP contribution in [0.4, 0.5) is 5.82 Å². The quantitative estimate of drug-likeness (QED) is 0.814. The van der Waals surface area contributed by atoms with Crippen LogP contribution in [0.3, 0.4) is 0 Å². The van der Waals surface area contributed by atoms with E-state index in [0.29, 0.717) is 17.1 Å². The summed E-state index contributed by atoms with van der Waals surface area (Å²) in [5, 5.41) is 4.09. The van der Waals surface area contributed by atoms with E-state index in [1.54, 1.807) is 13.4 Å². The minimum absolute atomic E-state index is 0.423. The van der Waals surface area contributed by atoms with Gasteiger partial charge in [0, 0.05) is 12.1 Å². The molecule has 0 saturated heterocycles. The average molecular weight is 285 g/mol. The molecule has 19 heavy (non-hydrogen) atoms. The van der Waals surface area contributed by atoms with Crippen molar-refractivity contribution < 1.29 is 4.84 Å². The number of aryl methyl sites for hydroxylation is 1. The Balaban J connectivity index is 1.92. The largest absolute Gasteiger partial charge is 0.366 e. The van der Waals surface area contributed by atoms with Gasteiger partial charge in [0.15, 0.2) is 0 Å². The van der Waals surface area contributed by atoms with Gasteiger partial charge in [-0.2, -0.15) is 5.48 Å². The molecule has 0 bridgehead atoms. The average Bonchev–Trinajstić information content (AvgIpc) is 2.43. The summed E-state index contributed by atoms with van der Waals surface area (Å²) in [5.74, 6) is 0.761. The maximum atomic E-state index is 6.29. The van der Waals surface area contributed by atoms with Crippen LogP contribution < -0.4 is 10.8 Å². The van der Waals surface area contributed by atoms with Gasteiger partial charge in [-0.15, -0.1) is 0 Å². The third kappa shape index (κ3) is 3.78. The molecule has 0 aliphatic heterocycles. The SMILES string of the molecule is CCc1ncnc(NC2CCC(NOC)CC2)c1Cl. The molecule has 0 amide bonds. The molecule has 1 fully saturated rings. The summed E-state index contributed by atoms with van der Waals surface area (Å²) in [4.78, 5) is 13.4. The van der Waals surface area contributed by atoms with Gasteiger partial charge in [-0.3, -0.25) is 0 Å². The van der Waals surface area contributed by atoms with E-state index >= 15 is 0 Å². The molecule has 1 aliphatic carbocycles. The molecule has 2 rings (SSSR count). The van der Waals surface area contributed by atoms with Crippen LogP contribution in [0.5, 0.6) is 0 Å². The van der Waals surface area contributed by atoms with Gasteiger partial charge in [0.1, 0.15) is 17.2 Å². The molecule has 1 saturated carbocycles. The molecular weight excluding hydrogens is 264 g/mol. The first kappa shape index (κ1) is 14.5. The van der Waals surface area contributed by atoms with Crippen LogP contribution in [-0.4, -0.2) is 29.2 Å². The molecule has 0 aromatic carbocycles. The number of nitrogens with zero attached hydrogens (tertiary/aromatic N) is 2. The molecule has 1 aromatic rings. The minimum Gasteiger partial charge on any atom is -0.366 e. The molecule has 0 atom stereocenters. The molecule has 0 spiro atoms. The second-order valence-corrected chi connectivity index (χ2v) is 5.23. The van der Waals surface area contributed by atoms with Gasteiger partial charge >= 0.3 is 0 Å². The molecule has 0 radical (unpaired) electrons. The maximum absolute atomic E-state index is 6.29. The Labute approximate surface area is 119 Å². The van der Waals surface area contributed by atoms with Gasteiger partial charge in [0.2, 0.25) is 0 Å². The fourth-order valence-corrected chi connectivity index (χ4v) is 2.75. The Kier molecular flexibility index (Phi) is 5.36. The number of hydrogen-bond donors (Lipinski definition) is 2. The van der Waals surface area contributed by atoms with Gasteiger partial charge in [-0.25, -0.2) is 9.97 Å². The number of nitrogens with one attached hydrogen (secondary N) is 2. The van der Waals surface area contributed by atoms with Crippen molar-refractivity contribution >= 4 is 17.4 Å². The number of aromatic nitrogens is 2. The van der Waals surface area contributed by atoms with Gasteiger partial charge < -0.3 is 10.2 Å². The Hall–Kier alpha value is -0.910. The normalized spacial score (nSPS) is 23.3. The van der Waals surface area contributed by atoms with Crippen molar-refractivity contribution in [2.45, 2.75) is 51.1 Å².